The van der Waals surface area contributed by atoms with Gasteiger partial charge in [-0.15, -0.1) is 0 Å². The number of rotatable bonds is 2. The minimum atomic E-state index is -0.125. The first-order chi connectivity index (χ1) is 7.25. The minimum absolute atomic E-state index is 0.125. The Balaban J connectivity index is 1.85. The first kappa shape index (κ1) is 10.2. The maximum absolute atomic E-state index is 11.6. The van der Waals surface area contributed by atoms with Crippen LogP contribution in [0.3, 0.4) is 0 Å². The van der Waals surface area contributed by atoms with Crippen molar-refractivity contribution < 1.29 is 9.21 Å². The number of carbonyl (C=O) groups excluding carboxylic acids is 1. The number of nitrogens with one attached hydrogen (secondary N) is 1. The molecule has 0 radical (unpaired) electrons. The highest BCUT2D eigenvalue weighted by molar-refractivity contribution is 5.91. The maximum Gasteiger partial charge on any atom is 0.287 e. The van der Waals surface area contributed by atoms with Crippen LogP contribution < -0.4 is 11.1 Å². The summed E-state index contributed by atoms with van der Waals surface area (Å²) < 4.78 is 5.02. The molecule has 3 N–H and O–H groups in total. The molecule has 0 aliphatic heterocycles. The number of nitrogens with two attached hydrogens (primary N) is 1. The van der Waals surface area contributed by atoms with E-state index in [0.29, 0.717) is 11.8 Å². The van der Waals surface area contributed by atoms with Crippen molar-refractivity contribution in [3.63, 3.8) is 0 Å². The second-order valence-electron chi connectivity index (χ2n) is 4.06. The molecule has 1 fully saturated rings. The van der Waals surface area contributed by atoms with Crippen molar-refractivity contribution in [1.82, 2.24) is 5.32 Å². The summed E-state index contributed by atoms with van der Waals surface area (Å²) in [5, 5.41) is 2.95. The smallest absolute Gasteiger partial charge is 0.287 e. The number of hydrogen-bond donors (Lipinski definition) is 2. The van der Waals surface area contributed by atoms with Gasteiger partial charge in [0.2, 0.25) is 0 Å². The number of amides is 1. The molecular weight excluding hydrogens is 192 g/mol. The third kappa shape index (κ3) is 2.59. The van der Waals surface area contributed by atoms with Gasteiger partial charge < -0.3 is 15.5 Å². The van der Waals surface area contributed by atoms with Crippen molar-refractivity contribution in [2.75, 3.05) is 0 Å². The monoisotopic (exact) mass is 208 g/mol. The Bertz CT molecular complexity index is 313. The summed E-state index contributed by atoms with van der Waals surface area (Å²) in [6.07, 6.45) is 5.42. The zero-order valence-corrected chi connectivity index (χ0v) is 8.61. The van der Waals surface area contributed by atoms with E-state index in [0.717, 1.165) is 25.7 Å². The predicted octanol–water partition coefficient (Wildman–Crippen LogP) is 1.28. The largest absolute Gasteiger partial charge is 0.459 e. The first-order valence-corrected chi connectivity index (χ1v) is 5.35. The van der Waals surface area contributed by atoms with Gasteiger partial charge in [-0.25, -0.2) is 0 Å². The van der Waals surface area contributed by atoms with Crippen LogP contribution in [-0.4, -0.2) is 18.0 Å². The van der Waals surface area contributed by atoms with E-state index in [2.05, 4.69) is 5.32 Å². The Labute approximate surface area is 88.8 Å². The molecule has 2 rings (SSSR count). The third-order valence-corrected chi connectivity index (χ3v) is 2.85. The van der Waals surface area contributed by atoms with E-state index in [-0.39, 0.29) is 11.9 Å². The molecular formula is C11H16N2O2. The second-order valence-corrected chi connectivity index (χ2v) is 4.06. The fourth-order valence-electron chi connectivity index (χ4n) is 1.93. The molecule has 0 bridgehead atoms. The molecule has 0 aromatic carbocycles. The first-order valence-electron chi connectivity index (χ1n) is 5.35. The van der Waals surface area contributed by atoms with Crippen molar-refractivity contribution in [3.05, 3.63) is 24.2 Å². The molecule has 15 heavy (non-hydrogen) atoms. The molecule has 82 valence electrons. The Kier molecular flexibility index (Phi) is 3.06. The van der Waals surface area contributed by atoms with Gasteiger partial charge in [0.05, 0.1) is 6.26 Å². The highest BCUT2D eigenvalue weighted by Crippen LogP contribution is 2.17. The average Bonchev–Trinajstić information content (AvgIpc) is 2.74. The average molecular weight is 208 g/mol. The lowest BCUT2D eigenvalue weighted by atomic mass is 9.92. The van der Waals surface area contributed by atoms with Gasteiger partial charge in [-0.3, -0.25) is 4.79 Å². The van der Waals surface area contributed by atoms with Crippen LogP contribution >= 0.6 is 0 Å². The van der Waals surface area contributed by atoms with Crippen LogP contribution in [0.4, 0.5) is 0 Å². The van der Waals surface area contributed by atoms with Gasteiger partial charge in [-0.2, -0.15) is 0 Å². The molecule has 1 aliphatic carbocycles. The van der Waals surface area contributed by atoms with Crippen LogP contribution in [0, 0.1) is 0 Å². The van der Waals surface area contributed by atoms with Crippen LogP contribution in [0.1, 0.15) is 36.2 Å². The predicted molar refractivity (Wildman–Crippen MR) is 56.4 cm³/mol. The molecule has 0 unspecified atom stereocenters. The van der Waals surface area contributed by atoms with Gasteiger partial charge in [0, 0.05) is 12.1 Å². The molecule has 1 amide bonds. The lowest BCUT2D eigenvalue weighted by molar-refractivity contribution is 0.0897. The Hall–Kier alpha value is -1.29. The zero-order chi connectivity index (χ0) is 10.7. The summed E-state index contributed by atoms with van der Waals surface area (Å²) in [6.45, 7) is 0. The fourth-order valence-corrected chi connectivity index (χ4v) is 1.93. The number of carbonyl (C=O) groups is 1. The molecule has 4 heteroatoms. The van der Waals surface area contributed by atoms with Crippen LogP contribution in [0.25, 0.3) is 0 Å². The fraction of sp³-hybridized carbons (Fsp3) is 0.545. The summed E-state index contributed by atoms with van der Waals surface area (Å²) in [4.78, 5) is 11.6. The van der Waals surface area contributed by atoms with E-state index in [1.807, 2.05) is 0 Å². The van der Waals surface area contributed by atoms with E-state index in [1.165, 1.54) is 6.26 Å². The third-order valence-electron chi connectivity index (χ3n) is 2.85. The molecule has 1 saturated carbocycles. The van der Waals surface area contributed by atoms with E-state index >= 15 is 0 Å². The molecule has 1 aromatic heterocycles. The highest BCUT2D eigenvalue weighted by Gasteiger charge is 2.21. The summed E-state index contributed by atoms with van der Waals surface area (Å²) in [5.74, 6) is 0.255. The normalized spacial score (nSPS) is 26.2. The Morgan fingerprint density at radius 1 is 1.40 bits per heavy atom. The van der Waals surface area contributed by atoms with E-state index < -0.39 is 0 Å². The molecule has 1 heterocycles. The van der Waals surface area contributed by atoms with Gasteiger partial charge in [-0.1, -0.05) is 0 Å². The summed E-state index contributed by atoms with van der Waals surface area (Å²) in [7, 11) is 0. The number of hydrogen-bond acceptors (Lipinski definition) is 3. The standard InChI is InChI=1S/C11H16N2O2/c12-8-3-5-9(6-4-8)13-11(14)10-2-1-7-15-10/h1-2,7-9H,3-6,12H2,(H,13,14)/t8-,9-. The highest BCUT2D eigenvalue weighted by atomic mass is 16.3. The molecule has 0 saturated heterocycles. The van der Waals surface area contributed by atoms with Gasteiger partial charge in [0.15, 0.2) is 5.76 Å². The topological polar surface area (TPSA) is 68.3 Å². The van der Waals surface area contributed by atoms with Crippen LogP contribution in [0.15, 0.2) is 22.8 Å². The van der Waals surface area contributed by atoms with Crippen LogP contribution in [0.5, 0.6) is 0 Å². The Morgan fingerprint density at radius 3 is 2.73 bits per heavy atom. The van der Waals surface area contributed by atoms with Gasteiger partial charge in [0.1, 0.15) is 0 Å². The quantitative estimate of drug-likeness (QED) is 0.769. The molecule has 1 aliphatic rings. The number of furan rings is 1. The SMILES string of the molecule is N[C@H]1CC[C@H](NC(=O)c2ccco2)CC1. The van der Waals surface area contributed by atoms with Crippen LogP contribution in [-0.2, 0) is 0 Å². The van der Waals surface area contributed by atoms with Gasteiger partial charge in [-0.05, 0) is 37.8 Å². The van der Waals surface area contributed by atoms with Crippen LogP contribution in [0.2, 0.25) is 0 Å². The summed E-state index contributed by atoms with van der Waals surface area (Å²) in [5.41, 5.74) is 5.79. The zero-order valence-electron chi connectivity index (χ0n) is 8.61. The lowest BCUT2D eigenvalue weighted by Gasteiger charge is -2.26. The van der Waals surface area contributed by atoms with E-state index in [4.69, 9.17) is 10.2 Å². The Morgan fingerprint density at radius 2 is 2.13 bits per heavy atom. The van der Waals surface area contributed by atoms with Crippen molar-refractivity contribution in [1.29, 1.82) is 0 Å². The van der Waals surface area contributed by atoms with Gasteiger partial charge in [0.25, 0.3) is 5.91 Å². The minimum Gasteiger partial charge on any atom is -0.459 e. The second kappa shape index (κ2) is 4.49. The molecule has 4 nitrogen and oxygen atoms in total. The molecule has 0 atom stereocenters. The lowest BCUT2D eigenvalue weighted by Crippen LogP contribution is -2.40. The van der Waals surface area contributed by atoms with Gasteiger partial charge >= 0.3 is 0 Å². The summed E-state index contributed by atoms with van der Waals surface area (Å²) in [6, 6.07) is 3.94. The van der Waals surface area contributed by atoms with Crippen molar-refractivity contribution in [2.45, 2.75) is 37.8 Å². The maximum atomic E-state index is 11.6. The van der Waals surface area contributed by atoms with E-state index in [1.54, 1.807) is 12.1 Å². The molecule has 1 aromatic rings. The molecule has 0 spiro atoms. The van der Waals surface area contributed by atoms with E-state index in [9.17, 15) is 4.79 Å². The van der Waals surface area contributed by atoms with Crippen molar-refractivity contribution in [3.8, 4) is 0 Å². The summed E-state index contributed by atoms with van der Waals surface area (Å²) >= 11 is 0. The van der Waals surface area contributed by atoms with Crippen molar-refractivity contribution >= 4 is 5.91 Å². The van der Waals surface area contributed by atoms with Crippen molar-refractivity contribution in [2.24, 2.45) is 5.73 Å².